The number of rotatable bonds is 2. The molecule has 0 unspecified atom stereocenters. The lowest BCUT2D eigenvalue weighted by atomic mass is 10.1. The lowest BCUT2D eigenvalue weighted by Gasteiger charge is -1.97. The van der Waals surface area contributed by atoms with E-state index in [2.05, 4.69) is 4.98 Å². The third kappa shape index (κ3) is 1.92. The molecule has 0 saturated heterocycles. The summed E-state index contributed by atoms with van der Waals surface area (Å²) in [6.45, 7) is 1.69. The molecule has 0 atom stereocenters. The summed E-state index contributed by atoms with van der Waals surface area (Å²) in [6, 6.07) is 6.92. The monoisotopic (exact) mass is 237 g/mol. The summed E-state index contributed by atoms with van der Waals surface area (Å²) in [5, 5.41) is 9.35. The first kappa shape index (κ1) is 10.7. The van der Waals surface area contributed by atoms with Crippen LogP contribution < -0.4 is 0 Å². The Labute approximate surface area is 96.5 Å². The van der Waals surface area contributed by atoms with Gasteiger partial charge in [-0.1, -0.05) is 11.6 Å². The summed E-state index contributed by atoms with van der Waals surface area (Å²) in [4.78, 5) is 14.5. The minimum atomic E-state index is -1.18. The van der Waals surface area contributed by atoms with Crippen molar-refractivity contribution in [2.24, 2.45) is 0 Å². The van der Waals surface area contributed by atoms with Gasteiger partial charge in [-0.2, -0.15) is 0 Å². The van der Waals surface area contributed by atoms with Crippen LogP contribution in [0.4, 0.5) is 0 Å². The quantitative estimate of drug-likeness (QED) is 0.872. The number of halogens is 1. The smallest absolute Gasteiger partial charge is 0.392 e. The molecule has 0 radical (unpaired) electrons. The maximum Gasteiger partial charge on any atom is 0.392 e. The number of hydrogen-bond acceptors (Lipinski definition) is 3. The number of carbonyl (C=O) groups is 1. The van der Waals surface area contributed by atoms with E-state index in [0.717, 1.165) is 5.56 Å². The van der Waals surface area contributed by atoms with Crippen molar-refractivity contribution in [3.05, 3.63) is 40.9 Å². The van der Waals surface area contributed by atoms with Crippen molar-refractivity contribution in [1.82, 2.24) is 4.98 Å². The Bertz CT molecular complexity index is 531. The highest BCUT2D eigenvalue weighted by Crippen LogP contribution is 2.25. The summed E-state index contributed by atoms with van der Waals surface area (Å²) in [6.07, 6.45) is 0. The molecule has 0 bridgehead atoms. The van der Waals surface area contributed by atoms with Gasteiger partial charge in [0.25, 0.3) is 0 Å². The average Bonchev–Trinajstić information content (AvgIpc) is 2.62. The van der Waals surface area contributed by atoms with Crippen molar-refractivity contribution in [3.8, 4) is 11.3 Å². The lowest BCUT2D eigenvalue weighted by Crippen LogP contribution is -1.95. The molecule has 5 heteroatoms. The molecular weight excluding hydrogens is 230 g/mol. The lowest BCUT2D eigenvalue weighted by molar-refractivity contribution is 0.0654. The summed E-state index contributed by atoms with van der Waals surface area (Å²) < 4.78 is 5.15. The Morgan fingerprint density at radius 1 is 1.38 bits per heavy atom. The summed E-state index contributed by atoms with van der Waals surface area (Å²) in [5.74, 6) is -1.03. The van der Waals surface area contributed by atoms with Gasteiger partial charge in [0, 0.05) is 10.6 Å². The minimum absolute atomic E-state index is 0.303. The highest BCUT2D eigenvalue weighted by atomic mass is 35.5. The van der Waals surface area contributed by atoms with Gasteiger partial charge in [-0.25, -0.2) is 9.78 Å². The first-order valence-corrected chi connectivity index (χ1v) is 4.92. The van der Waals surface area contributed by atoms with Crippen LogP contribution >= 0.6 is 11.6 Å². The molecule has 0 aliphatic rings. The van der Waals surface area contributed by atoms with Crippen LogP contribution in [0.1, 0.15) is 16.4 Å². The minimum Gasteiger partial charge on any atom is -0.474 e. The highest BCUT2D eigenvalue weighted by molar-refractivity contribution is 6.30. The van der Waals surface area contributed by atoms with Gasteiger partial charge in [-0.3, -0.25) is 0 Å². The van der Waals surface area contributed by atoms with Gasteiger partial charge in [0.1, 0.15) is 0 Å². The van der Waals surface area contributed by atoms with E-state index in [1.807, 2.05) is 0 Å². The third-order valence-corrected chi connectivity index (χ3v) is 2.34. The van der Waals surface area contributed by atoms with Crippen LogP contribution in [0.15, 0.2) is 28.7 Å². The van der Waals surface area contributed by atoms with E-state index < -0.39 is 5.97 Å². The highest BCUT2D eigenvalue weighted by Gasteiger charge is 2.16. The largest absolute Gasteiger partial charge is 0.474 e. The Balaban J connectivity index is 2.47. The standard InChI is InChI=1S/C11H8ClNO3/c1-6-9(16-10(13-6)11(14)15)7-2-4-8(12)5-3-7/h2-5H,1H3,(H,14,15). The summed E-state index contributed by atoms with van der Waals surface area (Å²) >= 11 is 5.75. The molecule has 0 fully saturated rings. The fourth-order valence-corrected chi connectivity index (χ4v) is 1.48. The van der Waals surface area contributed by atoms with Gasteiger partial charge in [-0.05, 0) is 31.2 Å². The van der Waals surface area contributed by atoms with Crippen molar-refractivity contribution in [2.45, 2.75) is 6.92 Å². The number of aromatic carboxylic acids is 1. The van der Waals surface area contributed by atoms with E-state index in [1.165, 1.54) is 0 Å². The zero-order valence-electron chi connectivity index (χ0n) is 8.40. The molecule has 0 saturated carbocycles. The van der Waals surface area contributed by atoms with Crippen molar-refractivity contribution in [2.75, 3.05) is 0 Å². The second-order valence-electron chi connectivity index (χ2n) is 3.25. The van der Waals surface area contributed by atoms with Gasteiger partial charge in [-0.15, -0.1) is 0 Å². The van der Waals surface area contributed by atoms with E-state index in [4.69, 9.17) is 21.1 Å². The zero-order valence-corrected chi connectivity index (χ0v) is 9.15. The molecule has 1 aromatic carbocycles. The number of aromatic nitrogens is 1. The molecule has 0 aliphatic heterocycles. The van der Waals surface area contributed by atoms with Gasteiger partial charge in [0.2, 0.25) is 0 Å². The van der Waals surface area contributed by atoms with Crippen LogP contribution in [0, 0.1) is 6.92 Å². The fraction of sp³-hybridized carbons (Fsp3) is 0.0909. The van der Waals surface area contributed by atoms with Crippen LogP contribution in [0.25, 0.3) is 11.3 Å². The van der Waals surface area contributed by atoms with Crippen LogP contribution in [-0.4, -0.2) is 16.1 Å². The number of carboxylic acid groups (broad SMARTS) is 1. The Morgan fingerprint density at radius 3 is 2.50 bits per heavy atom. The van der Waals surface area contributed by atoms with Gasteiger partial charge >= 0.3 is 11.9 Å². The van der Waals surface area contributed by atoms with Crippen molar-refractivity contribution in [1.29, 1.82) is 0 Å². The Kier molecular flexibility index (Phi) is 2.66. The molecule has 0 aliphatic carbocycles. The number of nitrogens with zero attached hydrogens (tertiary/aromatic N) is 1. The van der Waals surface area contributed by atoms with E-state index in [-0.39, 0.29) is 5.89 Å². The molecule has 1 N–H and O–H groups in total. The number of benzene rings is 1. The summed E-state index contributed by atoms with van der Waals surface area (Å²) in [7, 11) is 0. The van der Waals surface area contributed by atoms with Gasteiger partial charge < -0.3 is 9.52 Å². The van der Waals surface area contributed by atoms with E-state index >= 15 is 0 Å². The van der Waals surface area contributed by atoms with Gasteiger partial charge in [0.15, 0.2) is 5.76 Å². The van der Waals surface area contributed by atoms with Crippen molar-refractivity contribution in [3.63, 3.8) is 0 Å². The molecular formula is C11H8ClNO3. The number of aryl methyl sites for hydroxylation is 1. The van der Waals surface area contributed by atoms with Crippen LogP contribution in [0.5, 0.6) is 0 Å². The van der Waals surface area contributed by atoms with Crippen LogP contribution in [-0.2, 0) is 0 Å². The normalized spacial score (nSPS) is 10.4. The molecule has 82 valence electrons. The molecule has 2 rings (SSSR count). The maximum atomic E-state index is 10.7. The van der Waals surface area contributed by atoms with E-state index in [1.54, 1.807) is 31.2 Å². The fourth-order valence-electron chi connectivity index (χ4n) is 1.36. The third-order valence-electron chi connectivity index (χ3n) is 2.09. The number of hydrogen-bond donors (Lipinski definition) is 1. The maximum absolute atomic E-state index is 10.7. The predicted octanol–water partition coefficient (Wildman–Crippen LogP) is 3.00. The molecule has 16 heavy (non-hydrogen) atoms. The summed E-state index contributed by atoms with van der Waals surface area (Å²) in [5.41, 5.74) is 1.29. The predicted molar refractivity (Wildman–Crippen MR) is 58.6 cm³/mol. The SMILES string of the molecule is Cc1nc(C(=O)O)oc1-c1ccc(Cl)cc1. The number of carboxylic acids is 1. The van der Waals surface area contributed by atoms with E-state index in [0.29, 0.717) is 16.5 Å². The first-order valence-electron chi connectivity index (χ1n) is 4.54. The second-order valence-corrected chi connectivity index (χ2v) is 3.68. The number of oxazole rings is 1. The van der Waals surface area contributed by atoms with Crippen molar-refractivity contribution >= 4 is 17.6 Å². The van der Waals surface area contributed by atoms with Crippen LogP contribution in [0.2, 0.25) is 5.02 Å². The van der Waals surface area contributed by atoms with Crippen LogP contribution in [0.3, 0.4) is 0 Å². The first-order chi connectivity index (χ1) is 7.58. The molecule has 2 aromatic rings. The van der Waals surface area contributed by atoms with Gasteiger partial charge in [0.05, 0.1) is 5.69 Å². The zero-order chi connectivity index (χ0) is 11.7. The molecule has 1 heterocycles. The Hall–Kier alpha value is -1.81. The molecule has 0 spiro atoms. The van der Waals surface area contributed by atoms with Crippen molar-refractivity contribution < 1.29 is 14.3 Å². The molecule has 4 nitrogen and oxygen atoms in total. The van der Waals surface area contributed by atoms with E-state index in [9.17, 15) is 4.79 Å². The Morgan fingerprint density at radius 2 is 2.00 bits per heavy atom. The topological polar surface area (TPSA) is 63.3 Å². The average molecular weight is 238 g/mol. The molecule has 1 aromatic heterocycles. The molecule has 0 amide bonds. The second kappa shape index (κ2) is 3.98.